The second-order valence-electron chi connectivity index (χ2n) is 7.16. The molecule has 0 saturated heterocycles. The lowest BCUT2D eigenvalue weighted by atomic mass is 9.49. The van der Waals surface area contributed by atoms with Crippen molar-refractivity contribution in [3.05, 3.63) is 0 Å². The van der Waals surface area contributed by atoms with E-state index in [0.29, 0.717) is 17.8 Å². The third-order valence-corrected chi connectivity index (χ3v) is 5.50. The summed E-state index contributed by atoms with van der Waals surface area (Å²) in [6, 6.07) is -1.33. The Hall–Kier alpha value is -1.59. The molecule has 116 valence electrons. The molecule has 4 saturated carbocycles. The monoisotopic (exact) mass is 295 g/mol. The van der Waals surface area contributed by atoms with Gasteiger partial charge in [-0.15, -0.1) is 0 Å². The Balaban J connectivity index is 1.72. The fraction of sp³-hybridized carbons (Fsp3) is 0.800. The fourth-order valence-electron chi connectivity index (χ4n) is 5.07. The number of hydrogen-bond donors (Lipinski definition) is 3. The first-order valence-corrected chi connectivity index (χ1v) is 7.63. The van der Waals surface area contributed by atoms with E-state index in [4.69, 9.17) is 10.2 Å². The first-order chi connectivity index (χ1) is 9.88. The smallest absolute Gasteiger partial charge is 0.326 e. The highest BCUT2D eigenvalue weighted by Gasteiger charge is 2.55. The third kappa shape index (κ3) is 2.63. The molecule has 0 aromatic rings. The first-order valence-electron chi connectivity index (χ1n) is 7.63. The summed E-state index contributed by atoms with van der Waals surface area (Å²) in [5.41, 5.74) is -0.443. The molecule has 21 heavy (non-hydrogen) atoms. The molecule has 4 bridgehead atoms. The van der Waals surface area contributed by atoms with Crippen molar-refractivity contribution in [2.45, 2.75) is 51.0 Å². The highest BCUT2D eigenvalue weighted by molar-refractivity contribution is 5.89. The molecule has 0 heterocycles. The van der Waals surface area contributed by atoms with Gasteiger partial charge in [-0.2, -0.15) is 0 Å². The van der Waals surface area contributed by atoms with Crippen molar-refractivity contribution >= 4 is 17.8 Å². The Morgan fingerprint density at radius 3 is 1.86 bits per heavy atom. The normalized spacial score (nSPS) is 38.0. The fourth-order valence-corrected chi connectivity index (χ4v) is 5.07. The summed E-state index contributed by atoms with van der Waals surface area (Å²) >= 11 is 0. The van der Waals surface area contributed by atoms with E-state index >= 15 is 0 Å². The van der Waals surface area contributed by atoms with Crippen molar-refractivity contribution in [1.29, 1.82) is 0 Å². The highest BCUT2D eigenvalue weighted by Crippen LogP contribution is 2.60. The summed E-state index contributed by atoms with van der Waals surface area (Å²) in [4.78, 5) is 34.5. The number of carbonyl (C=O) groups excluding carboxylic acids is 1. The Morgan fingerprint density at radius 2 is 1.48 bits per heavy atom. The molecule has 1 amide bonds. The van der Waals surface area contributed by atoms with E-state index < -0.39 is 29.8 Å². The Morgan fingerprint density at radius 1 is 1.00 bits per heavy atom. The average Bonchev–Trinajstić information content (AvgIpc) is 2.35. The van der Waals surface area contributed by atoms with Gasteiger partial charge in [-0.25, -0.2) is 4.79 Å². The van der Waals surface area contributed by atoms with Gasteiger partial charge in [0.15, 0.2) is 0 Å². The number of rotatable bonds is 5. The molecule has 0 aliphatic heterocycles. The van der Waals surface area contributed by atoms with Gasteiger partial charge in [0.25, 0.3) is 0 Å². The Labute approximate surface area is 122 Å². The molecule has 1 atom stereocenters. The maximum Gasteiger partial charge on any atom is 0.326 e. The molecule has 4 aliphatic carbocycles. The number of hydrogen-bond acceptors (Lipinski definition) is 3. The number of carbonyl (C=O) groups is 3. The quantitative estimate of drug-likeness (QED) is 0.708. The van der Waals surface area contributed by atoms with Gasteiger partial charge in [0.05, 0.1) is 6.42 Å². The van der Waals surface area contributed by atoms with Crippen LogP contribution in [0, 0.1) is 23.2 Å². The zero-order valence-corrected chi connectivity index (χ0v) is 11.9. The summed E-state index contributed by atoms with van der Waals surface area (Å²) in [5.74, 6) is -0.974. The number of carboxylic acids is 2. The summed E-state index contributed by atoms with van der Waals surface area (Å²) in [6.45, 7) is 0. The minimum Gasteiger partial charge on any atom is -0.481 e. The molecular weight excluding hydrogens is 274 g/mol. The van der Waals surface area contributed by atoms with E-state index in [0.717, 1.165) is 19.3 Å². The van der Waals surface area contributed by atoms with Gasteiger partial charge in [0.2, 0.25) is 5.91 Å². The van der Waals surface area contributed by atoms with Crippen molar-refractivity contribution in [3.8, 4) is 0 Å². The van der Waals surface area contributed by atoms with Crippen molar-refractivity contribution in [1.82, 2.24) is 5.32 Å². The van der Waals surface area contributed by atoms with Crippen LogP contribution in [-0.2, 0) is 14.4 Å². The van der Waals surface area contributed by atoms with Crippen molar-refractivity contribution in [3.63, 3.8) is 0 Å². The molecule has 3 N–H and O–H groups in total. The maximum absolute atomic E-state index is 12.6. The summed E-state index contributed by atoms with van der Waals surface area (Å²) < 4.78 is 0. The molecule has 0 spiro atoms. The van der Waals surface area contributed by atoms with E-state index in [-0.39, 0.29) is 5.91 Å². The predicted molar refractivity (Wildman–Crippen MR) is 72.4 cm³/mol. The van der Waals surface area contributed by atoms with Crippen LogP contribution < -0.4 is 5.32 Å². The molecule has 0 radical (unpaired) electrons. The SMILES string of the molecule is O=C(O)C[C@H](NC(=O)C12CC3CC(CC(C3)C1)C2)C(=O)O. The molecule has 4 rings (SSSR count). The lowest BCUT2D eigenvalue weighted by Gasteiger charge is -2.55. The van der Waals surface area contributed by atoms with Crippen LogP contribution >= 0.6 is 0 Å². The molecule has 0 aromatic carbocycles. The van der Waals surface area contributed by atoms with Gasteiger partial charge < -0.3 is 15.5 Å². The van der Waals surface area contributed by atoms with E-state index in [9.17, 15) is 14.4 Å². The largest absolute Gasteiger partial charge is 0.481 e. The molecule has 4 aliphatic rings. The molecule has 4 fully saturated rings. The second-order valence-corrected chi connectivity index (χ2v) is 7.16. The van der Waals surface area contributed by atoms with Crippen LogP contribution in [0.25, 0.3) is 0 Å². The third-order valence-electron chi connectivity index (χ3n) is 5.50. The van der Waals surface area contributed by atoms with Gasteiger partial charge in [-0.1, -0.05) is 0 Å². The van der Waals surface area contributed by atoms with Crippen LogP contribution in [0.5, 0.6) is 0 Å². The Kier molecular flexibility index (Phi) is 3.42. The van der Waals surface area contributed by atoms with Crippen LogP contribution in [0.15, 0.2) is 0 Å². The zero-order valence-electron chi connectivity index (χ0n) is 11.9. The zero-order chi connectivity index (χ0) is 15.2. The van der Waals surface area contributed by atoms with Crippen LogP contribution in [0.3, 0.4) is 0 Å². The molecular formula is C15H21NO5. The van der Waals surface area contributed by atoms with Gasteiger partial charge in [0, 0.05) is 5.41 Å². The Bertz CT molecular complexity index is 451. The van der Waals surface area contributed by atoms with E-state index in [1.807, 2.05) is 0 Å². The lowest BCUT2D eigenvalue weighted by Crippen LogP contribution is -2.56. The highest BCUT2D eigenvalue weighted by atomic mass is 16.4. The molecule has 6 nitrogen and oxygen atoms in total. The van der Waals surface area contributed by atoms with Crippen LogP contribution in [0.2, 0.25) is 0 Å². The topological polar surface area (TPSA) is 104 Å². The van der Waals surface area contributed by atoms with Gasteiger partial charge in [-0.05, 0) is 56.3 Å². The van der Waals surface area contributed by atoms with Crippen LogP contribution in [0.1, 0.15) is 44.9 Å². The van der Waals surface area contributed by atoms with Crippen molar-refractivity contribution in [2.24, 2.45) is 23.2 Å². The number of amides is 1. The van der Waals surface area contributed by atoms with Gasteiger partial charge in [0.1, 0.15) is 6.04 Å². The lowest BCUT2D eigenvalue weighted by molar-refractivity contribution is -0.153. The van der Waals surface area contributed by atoms with Gasteiger partial charge >= 0.3 is 11.9 Å². The van der Waals surface area contributed by atoms with Crippen molar-refractivity contribution in [2.75, 3.05) is 0 Å². The number of aliphatic carboxylic acids is 2. The minimum absolute atomic E-state index is 0.241. The number of nitrogens with one attached hydrogen (secondary N) is 1. The van der Waals surface area contributed by atoms with Crippen molar-refractivity contribution < 1.29 is 24.6 Å². The van der Waals surface area contributed by atoms with Gasteiger partial charge in [-0.3, -0.25) is 9.59 Å². The number of carboxylic acid groups (broad SMARTS) is 2. The standard InChI is InChI=1S/C15H21NO5/c17-12(18)4-11(13(19)20)16-14(21)15-5-8-1-9(6-15)3-10(2-8)7-15/h8-11H,1-7H2,(H,16,21)(H,17,18)(H,19,20)/t8?,9?,10?,11-,15?/m0/s1. The maximum atomic E-state index is 12.6. The summed E-state index contributed by atoms with van der Waals surface area (Å²) in [5, 5.41) is 20.3. The average molecular weight is 295 g/mol. The first kappa shape index (κ1) is 14.4. The van der Waals surface area contributed by atoms with Crippen LogP contribution in [0.4, 0.5) is 0 Å². The van der Waals surface area contributed by atoms with E-state index in [1.54, 1.807) is 0 Å². The van der Waals surface area contributed by atoms with E-state index in [2.05, 4.69) is 5.32 Å². The summed E-state index contributed by atoms with van der Waals surface area (Å²) in [6.07, 6.45) is 5.53. The predicted octanol–water partition coefficient (Wildman–Crippen LogP) is 1.25. The molecule has 0 unspecified atom stereocenters. The molecule has 0 aromatic heterocycles. The second kappa shape index (κ2) is 5.00. The molecule has 6 heteroatoms. The minimum atomic E-state index is -1.33. The van der Waals surface area contributed by atoms with Crippen LogP contribution in [-0.4, -0.2) is 34.1 Å². The summed E-state index contributed by atoms with van der Waals surface area (Å²) in [7, 11) is 0. The van der Waals surface area contributed by atoms with E-state index in [1.165, 1.54) is 19.3 Å².